The van der Waals surface area contributed by atoms with Crippen LogP contribution in [0.25, 0.3) is 0 Å². The highest BCUT2D eigenvalue weighted by Gasteiger charge is 2.44. The topological polar surface area (TPSA) is 32.3 Å². The van der Waals surface area contributed by atoms with E-state index in [1.54, 1.807) is 0 Å². The normalized spacial score (nSPS) is 31.0. The first-order valence-electron chi connectivity index (χ1n) is 8.18. The van der Waals surface area contributed by atoms with Gasteiger partial charge in [-0.15, -0.1) is 0 Å². The molecular formula is C16H30N2OS. The highest BCUT2D eigenvalue weighted by molar-refractivity contribution is 8.00. The Bertz CT molecular complexity index is 341. The highest BCUT2D eigenvalue weighted by atomic mass is 32.2. The summed E-state index contributed by atoms with van der Waals surface area (Å²) in [5.74, 6) is 0.766. The number of nitrogens with one attached hydrogen (secondary N) is 1. The van der Waals surface area contributed by atoms with Crippen LogP contribution in [0, 0.1) is 5.92 Å². The lowest BCUT2D eigenvalue weighted by Crippen LogP contribution is -2.45. The lowest BCUT2D eigenvalue weighted by atomic mass is 9.99. The quantitative estimate of drug-likeness (QED) is 0.817. The van der Waals surface area contributed by atoms with E-state index in [-0.39, 0.29) is 12.2 Å². The second-order valence-corrected chi connectivity index (χ2v) is 7.79. The summed E-state index contributed by atoms with van der Waals surface area (Å²) in [6, 6.07) is 0.0326. The van der Waals surface area contributed by atoms with E-state index in [2.05, 4.69) is 37.2 Å². The van der Waals surface area contributed by atoms with Gasteiger partial charge in [0.25, 0.3) is 0 Å². The van der Waals surface area contributed by atoms with Crippen molar-refractivity contribution in [3.8, 4) is 0 Å². The molecule has 2 rings (SSSR count). The van der Waals surface area contributed by atoms with Crippen LogP contribution in [-0.2, 0) is 4.79 Å². The highest BCUT2D eigenvalue weighted by Crippen LogP contribution is 2.41. The molecule has 1 saturated carbocycles. The molecule has 4 heteroatoms. The maximum Gasteiger partial charge on any atom is 0.241 e. The van der Waals surface area contributed by atoms with Crippen molar-refractivity contribution >= 4 is 17.7 Å². The van der Waals surface area contributed by atoms with Crippen LogP contribution in [-0.4, -0.2) is 40.6 Å². The number of amides is 1. The van der Waals surface area contributed by atoms with Crippen molar-refractivity contribution in [2.45, 2.75) is 76.3 Å². The zero-order valence-electron chi connectivity index (χ0n) is 13.4. The van der Waals surface area contributed by atoms with Crippen LogP contribution in [0.3, 0.4) is 0 Å². The minimum Gasteiger partial charge on any atom is -0.324 e. The van der Waals surface area contributed by atoms with Crippen LogP contribution < -0.4 is 5.32 Å². The first-order chi connectivity index (χ1) is 9.56. The van der Waals surface area contributed by atoms with Crippen molar-refractivity contribution in [1.82, 2.24) is 10.2 Å². The molecule has 116 valence electrons. The monoisotopic (exact) mass is 298 g/mol. The average molecular weight is 298 g/mol. The summed E-state index contributed by atoms with van der Waals surface area (Å²) in [4.78, 5) is 14.9. The zero-order valence-corrected chi connectivity index (χ0v) is 14.3. The third kappa shape index (κ3) is 3.01. The maximum atomic E-state index is 12.8. The lowest BCUT2D eigenvalue weighted by Gasteiger charge is -2.34. The Morgan fingerprint density at radius 3 is 2.55 bits per heavy atom. The summed E-state index contributed by atoms with van der Waals surface area (Å²) in [6.07, 6.45) is 9.69. The van der Waals surface area contributed by atoms with Crippen LogP contribution in [0.4, 0.5) is 0 Å². The molecule has 3 nitrogen and oxygen atoms in total. The van der Waals surface area contributed by atoms with Gasteiger partial charge < -0.3 is 4.90 Å². The van der Waals surface area contributed by atoms with Crippen LogP contribution in [0.15, 0.2) is 0 Å². The van der Waals surface area contributed by atoms with Gasteiger partial charge in [-0.1, -0.05) is 40.0 Å². The van der Waals surface area contributed by atoms with E-state index < -0.39 is 0 Å². The molecule has 1 heterocycles. The van der Waals surface area contributed by atoms with Gasteiger partial charge >= 0.3 is 0 Å². The minimum atomic E-state index is 0.0326. The number of hydrogen-bond acceptors (Lipinski definition) is 3. The molecule has 1 N–H and O–H groups in total. The first kappa shape index (κ1) is 16.2. The summed E-state index contributed by atoms with van der Waals surface area (Å²) in [5, 5.41) is 3.57. The smallest absolute Gasteiger partial charge is 0.241 e. The van der Waals surface area contributed by atoms with E-state index in [9.17, 15) is 4.79 Å². The maximum absolute atomic E-state index is 12.8. The average Bonchev–Trinajstić information content (AvgIpc) is 3.05. The van der Waals surface area contributed by atoms with Crippen molar-refractivity contribution in [3.05, 3.63) is 0 Å². The molecular weight excluding hydrogens is 268 g/mol. The minimum absolute atomic E-state index is 0.0326. The summed E-state index contributed by atoms with van der Waals surface area (Å²) in [5.41, 5.74) is 0. The van der Waals surface area contributed by atoms with Crippen molar-refractivity contribution < 1.29 is 4.79 Å². The molecule has 2 aliphatic rings. The molecule has 3 atom stereocenters. The number of thioether (sulfide) groups is 1. The lowest BCUT2D eigenvalue weighted by molar-refractivity contribution is -0.131. The summed E-state index contributed by atoms with van der Waals surface area (Å²) < 4.78 is 0.315. The Hall–Kier alpha value is -0.220. The van der Waals surface area contributed by atoms with Gasteiger partial charge in [0.05, 0.1) is 12.2 Å². The molecule has 0 aromatic carbocycles. The van der Waals surface area contributed by atoms with Crippen molar-refractivity contribution in [2.75, 3.05) is 12.8 Å². The number of nitrogens with zero attached hydrogens (tertiary/aromatic N) is 1. The molecule has 20 heavy (non-hydrogen) atoms. The van der Waals surface area contributed by atoms with Gasteiger partial charge in [0.15, 0.2) is 0 Å². The standard InChI is InChI=1S/C16H30N2OS/c1-5-12(3)14-15(19)18(13(6-2)17-14)11-16(20-4)9-7-8-10-16/h12-14,17H,5-11H2,1-4H3. The second kappa shape index (κ2) is 6.69. The van der Waals surface area contributed by atoms with E-state index in [0.29, 0.717) is 16.6 Å². The predicted molar refractivity (Wildman–Crippen MR) is 86.9 cm³/mol. The molecule has 0 bridgehead atoms. The molecule has 1 aliphatic heterocycles. The predicted octanol–water partition coefficient (Wildman–Crippen LogP) is 3.24. The molecule has 3 unspecified atom stereocenters. The van der Waals surface area contributed by atoms with E-state index >= 15 is 0 Å². The van der Waals surface area contributed by atoms with Gasteiger partial charge in [-0.25, -0.2) is 0 Å². The molecule has 1 amide bonds. The summed E-state index contributed by atoms with van der Waals surface area (Å²) in [7, 11) is 0. The van der Waals surface area contributed by atoms with E-state index in [0.717, 1.165) is 19.4 Å². The number of carbonyl (C=O) groups excluding carboxylic acids is 1. The Morgan fingerprint density at radius 2 is 2.05 bits per heavy atom. The van der Waals surface area contributed by atoms with Crippen LogP contribution in [0.2, 0.25) is 0 Å². The Labute approximate surface area is 128 Å². The van der Waals surface area contributed by atoms with Gasteiger partial charge in [-0.05, 0) is 31.4 Å². The number of rotatable bonds is 6. The van der Waals surface area contributed by atoms with Crippen molar-refractivity contribution in [2.24, 2.45) is 5.92 Å². The first-order valence-corrected chi connectivity index (χ1v) is 9.41. The van der Waals surface area contributed by atoms with Crippen LogP contribution in [0.1, 0.15) is 59.3 Å². The fourth-order valence-electron chi connectivity index (χ4n) is 3.63. The SMILES string of the molecule is CCC(C)C1NC(CC)N(CC2(SC)CCCC2)C1=O. The van der Waals surface area contributed by atoms with Gasteiger partial charge in [0.2, 0.25) is 5.91 Å². The number of hydrogen-bond donors (Lipinski definition) is 1. The summed E-state index contributed by atoms with van der Waals surface area (Å²) >= 11 is 1.97. The number of carbonyl (C=O) groups is 1. The van der Waals surface area contributed by atoms with Crippen molar-refractivity contribution in [1.29, 1.82) is 0 Å². The molecule has 1 saturated heterocycles. The van der Waals surface area contributed by atoms with E-state index in [4.69, 9.17) is 0 Å². The molecule has 0 aromatic rings. The van der Waals surface area contributed by atoms with Crippen molar-refractivity contribution in [3.63, 3.8) is 0 Å². The molecule has 2 fully saturated rings. The molecule has 1 aliphatic carbocycles. The fourth-order valence-corrected chi connectivity index (χ4v) is 4.59. The van der Waals surface area contributed by atoms with Gasteiger partial charge in [-0.2, -0.15) is 11.8 Å². The zero-order chi connectivity index (χ0) is 14.8. The van der Waals surface area contributed by atoms with Crippen LogP contribution in [0.5, 0.6) is 0 Å². The van der Waals surface area contributed by atoms with Gasteiger partial charge in [0.1, 0.15) is 0 Å². The Morgan fingerprint density at radius 1 is 1.40 bits per heavy atom. The Balaban J connectivity index is 2.10. The Kier molecular flexibility index (Phi) is 5.41. The summed E-state index contributed by atoms with van der Waals surface area (Å²) in [6.45, 7) is 7.47. The molecule has 0 spiro atoms. The molecule has 0 aromatic heterocycles. The fraction of sp³-hybridized carbons (Fsp3) is 0.938. The van der Waals surface area contributed by atoms with Gasteiger partial charge in [-0.3, -0.25) is 10.1 Å². The molecule has 0 radical (unpaired) electrons. The van der Waals surface area contributed by atoms with E-state index in [1.807, 2.05) is 11.8 Å². The second-order valence-electron chi connectivity index (χ2n) is 6.51. The van der Waals surface area contributed by atoms with E-state index in [1.165, 1.54) is 25.7 Å². The third-order valence-corrected chi connectivity index (χ3v) is 6.71. The third-order valence-electron chi connectivity index (χ3n) is 5.30. The van der Waals surface area contributed by atoms with Gasteiger partial charge in [0, 0.05) is 11.3 Å². The van der Waals surface area contributed by atoms with Crippen LogP contribution >= 0.6 is 11.8 Å². The largest absolute Gasteiger partial charge is 0.324 e.